The minimum Gasteiger partial charge on any atom is -0.326 e. The van der Waals surface area contributed by atoms with Gasteiger partial charge >= 0.3 is 0 Å². The van der Waals surface area contributed by atoms with Gasteiger partial charge in [0, 0.05) is 29.1 Å². The summed E-state index contributed by atoms with van der Waals surface area (Å²) in [4.78, 5) is 33.0. The van der Waals surface area contributed by atoms with Crippen molar-refractivity contribution in [2.24, 2.45) is 0 Å². The molecule has 2 aromatic heterocycles. The molecule has 6 nitrogen and oxygen atoms in total. The number of hydrogen-bond donors (Lipinski definition) is 2. The average Bonchev–Trinajstić information content (AvgIpc) is 3.38. The quantitative estimate of drug-likeness (QED) is 0.399. The normalized spacial score (nSPS) is 10.6. The molecule has 2 amide bonds. The van der Waals surface area contributed by atoms with Gasteiger partial charge in [-0.1, -0.05) is 41.9 Å². The maximum absolute atomic E-state index is 12.6. The molecule has 2 heterocycles. The second kappa shape index (κ2) is 8.74. The molecular weight excluding hydrogens is 440 g/mol. The molecule has 150 valence electrons. The lowest BCUT2D eigenvalue weighted by molar-refractivity contribution is -0.114. The van der Waals surface area contributed by atoms with Crippen molar-refractivity contribution >= 4 is 56.9 Å². The number of carbonyl (C=O) groups is 2. The molecular formula is C21H15ClN4O2S2. The molecule has 0 aliphatic heterocycles. The molecule has 0 atom stereocenters. The van der Waals surface area contributed by atoms with Crippen LogP contribution in [0.1, 0.15) is 16.6 Å². The number of rotatable bonds is 5. The maximum atomic E-state index is 12.6. The Hall–Kier alpha value is -3.07. The standard InChI is InChI=1S/C21H15ClN4O2S2/c1-12(27)24-14-8-6-13(7-9-14)17-11-29-21(25-17)26-19(28)18-10-23-20(30-18)15-4-2-3-5-16(15)22/h2-11H,1H3,(H,24,27)(H,25,26,28). The maximum Gasteiger partial charge on any atom is 0.269 e. The topological polar surface area (TPSA) is 84.0 Å². The number of nitrogens with zero attached hydrogens (tertiary/aromatic N) is 2. The van der Waals surface area contributed by atoms with Gasteiger partial charge < -0.3 is 5.32 Å². The van der Waals surface area contributed by atoms with Crippen molar-refractivity contribution in [3.63, 3.8) is 0 Å². The molecule has 0 spiro atoms. The van der Waals surface area contributed by atoms with E-state index in [-0.39, 0.29) is 11.8 Å². The van der Waals surface area contributed by atoms with Gasteiger partial charge in [0.25, 0.3) is 5.91 Å². The minimum atomic E-state index is -0.271. The number of thiazole rings is 2. The Labute approximate surface area is 185 Å². The highest BCUT2D eigenvalue weighted by Gasteiger charge is 2.15. The molecule has 30 heavy (non-hydrogen) atoms. The molecule has 9 heteroatoms. The Morgan fingerprint density at radius 2 is 1.80 bits per heavy atom. The second-order valence-electron chi connectivity index (χ2n) is 6.26. The fourth-order valence-electron chi connectivity index (χ4n) is 2.69. The van der Waals surface area contributed by atoms with E-state index in [0.717, 1.165) is 22.5 Å². The summed E-state index contributed by atoms with van der Waals surface area (Å²) in [5.74, 6) is -0.394. The van der Waals surface area contributed by atoms with Crippen molar-refractivity contribution in [1.29, 1.82) is 0 Å². The van der Waals surface area contributed by atoms with Crippen LogP contribution in [0.4, 0.5) is 10.8 Å². The fraction of sp³-hybridized carbons (Fsp3) is 0.0476. The lowest BCUT2D eigenvalue weighted by Gasteiger charge is -2.02. The molecule has 2 N–H and O–H groups in total. The van der Waals surface area contributed by atoms with Gasteiger partial charge in [-0.3, -0.25) is 14.9 Å². The third-order valence-corrected chi connectivity index (χ3v) is 6.18. The van der Waals surface area contributed by atoms with Gasteiger partial charge in [0.15, 0.2) is 5.13 Å². The highest BCUT2D eigenvalue weighted by Crippen LogP contribution is 2.32. The van der Waals surface area contributed by atoms with Gasteiger partial charge in [0.1, 0.15) is 9.88 Å². The van der Waals surface area contributed by atoms with Crippen LogP contribution in [0.2, 0.25) is 5.02 Å². The monoisotopic (exact) mass is 454 g/mol. The van der Waals surface area contributed by atoms with Crippen LogP contribution in [0, 0.1) is 0 Å². The molecule has 0 radical (unpaired) electrons. The largest absolute Gasteiger partial charge is 0.326 e. The van der Waals surface area contributed by atoms with E-state index in [4.69, 9.17) is 11.6 Å². The molecule has 0 aliphatic rings. The number of carbonyl (C=O) groups excluding carboxylic acids is 2. The minimum absolute atomic E-state index is 0.123. The number of amides is 2. The molecule has 2 aromatic carbocycles. The van der Waals surface area contributed by atoms with E-state index in [2.05, 4.69) is 20.6 Å². The summed E-state index contributed by atoms with van der Waals surface area (Å²) < 4.78 is 0. The first-order valence-corrected chi connectivity index (χ1v) is 10.9. The first-order chi connectivity index (χ1) is 14.5. The zero-order valence-electron chi connectivity index (χ0n) is 15.7. The summed E-state index contributed by atoms with van der Waals surface area (Å²) >= 11 is 8.82. The summed E-state index contributed by atoms with van der Waals surface area (Å²) in [5, 5.41) is 9.17. The van der Waals surface area contributed by atoms with Crippen LogP contribution >= 0.6 is 34.3 Å². The lowest BCUT2D eigenvalue weighted by Crippen LogP contribution is -2.09. The Morgan fingerprint density at radius 3 is 2.53 bits per heavy atom. The predicted octanol–water partition coefficient (Wildman–Crippen LogP) is 5.80. The third-order valence-electron chi connectivity index (χ3n) is 4.06. The molecule has 0 fully saturated rings. The van der Waals surface area contributed by atoms with Crippen molar-refractivity contribution < 1.29 is 9.59 Å². The Kier molecular flexibility index (Phi) is 5.89. The second-order valence-corrected chi connectivity index (χ2v) is 8.56. The number of nitrogens with one attached hydrogen (secondary N) is 2. The Morgan fingerprint density at radius 1 is 1.03 bits per heavy atom. The van der Waals surface area contributed by atoms with Crippen molar-refractivity contribution in [1.82, 2.24) is 9.97 Å². The van der Waals surface area contributed by atoms with Crippen LogP contribution in [0.3, 0.4) is 0 Å². The van der Waals surface area contributed by atoms with E-state index < -0.39 is 0 Å². The van der Waals surface area contributed by atoms with Gasteiger partial charge in [-0.2, -0.15) is 0 Å². The van der Waals surface area contributed by atoms with Crippen molar-refractivity contribution in [2.45, 2.75) is 6.92 Å². The molecule has 4 rings (SSSR count). The van der Waals surface area contributed by atoms with Crippen molar-refractivity contribution in [3.8, 4) is 21.8 Å². The number of benzene rings is 2. The SMILES string of the molecule is CC(=O)Nc1ccc(-c2csc(NC(=O)c3cnc(-c4ccccc4Cl)s3)n2)cc1. The summed E-state index contributed by atoms with van der Waals surface area (Å²) in [5.41, 5.74) is 3.14. The van der Waals surface area contributed by atoms with Gasteiger partial charge in [0.2, 0.25) is 5.91 Å². The molecule has 4 aromatic rings. The van der Waals surface area contributed by atoms with E-state index >= 15 is 0 Å². The van der Waals surface area contributed by atoms with E-state index in [1.807, 2.05) is 47.8 Å². The zero-order chi connectivity index (χ0) is 21.1. The molecule has 0 unspecified atom stereocenters. The molecule has 0 aliphatic carbocycles. The van der Waals surface area contributed by atoms with Gasteiger partial charge in [-0.05, 0) is 18.2 Å². The van der Waals surface area contributed by atoms with Crippen LogP contribution in [-0.2, 0) is 4.79 Å². The van der Waals surface area contributed by atoms with Crippen LogP contribution < -0.4 is 10.6 Å². The van der Waals surface area contributed by atoms with Crippen molar-refractivity contribution in [3.05, 3.63) is 70.0 Å². The highest BCUT2D eigenvalue weighted by molar-refractivity contribution is 7.17. The lowest BCUT2D eigenvalue weighted by atomic mass is 10.1. The number of halogens is 1. The third kappa shape index (κ3) is 4.56. The number of aromatic nitrogens is 2. The Bertz CT molecular complexity index is 1220. The summed E-state index contributed by atoms with van der Waals surface area (Å²) in [6.45, 7) is 1.46. The summed E-state index contributed by atoms with van der Waals surface area (Å²) in [6, 6.07) is 14.7. The van der Waals surface area contributed by atoms with Crippen LogP contribution in [0.5, 0.6) is 0 Å². The average molecular weight is 455 g/mol. The summed E-state index contributed by atoms with van der Waals surface area (Å²) in [6.07, 6.45) is 1.54. The predicted molar refractivity (Wildman–Crippen MR) is 122 cm³/mol. The Balaban J connectivity index is 1.46. The van der Waals surface area contributed by atoms with E-state index in [9.17, 15) is 9.59 Å². The zero-order valence-corrected chi connectivity index (χ0v) is 18.1. The van der Waals surface area contributed by atoms with Crippen LogP contribution in [0.25, 0.3) is 21.8 Å². The highest BCUT2D eigenvalue weighted by atomic mass is 35.5. The van der Waals surface area contributed by atoms with Crippen molar-refractivity contribution in [2.75, 3.05) is 10.6 Å². The summed E-state index contributed by atoms with van der Waals surface area (Å²) in [7, 11) is 0. The van der Waals surface area contributed by atoms with E-state index in [1.54, 1.807) is 6.07 Å². The fourth-order valence-corrected chi connectivity index (χ4v) is 4.54. The number of anilines is 2. The smallest absolute Gasteiger partial charge is 0.269 e. The van der Waals surface area contributed by atoms with Gasteiger partial charge in [-0.15, -0.1) is 22.7 Å². The van der Waals surface area contributed by atoms with Crippen LogP contribution in [0.15, 0.2) is 60.1 Å². The molecule has 0 saturated carbocycles. The van der Waals surface area contributed by atoms with Gasteiger partial charge in [0.05, 0.1) is 16.9 Å². The first-order valence-electron chi connectivity index (χ1n) is 8.85. The van der Waals surface area contributed by atoms with Crippen LogP contribution in [-0.4, -0.2) is 21.8 Å². The van der Waals surface area contributed by atoms with Gasteiger partial charge in [-0.25, -0.2) is 9.97 Å². The first kappa shape index (κ1) is 20.2. The number of hydrogen-bond acceptors (Lipinski definition) is 6. The molecule has 0 bridgehead atoms. The molecule has 0 saturated heterocycles. The van der Waals surface area contributed by atoms with E-state index in [0.29, 0.717) is 20.0 Å². The van der Waals surface area contributed by atoms with E-state index in [1.165, 1.54) is 35.8 Å².